The molecule has 0 spiro atoms. The maximum atomic E-state index is 13.6. The van der Waals surface area contributed by atoms with Gasteiger partial charge in [0.1, 0.15) is 11.6 Å². The number of carbonyl (C=O) groups is 1. The standard InChI is InChI=1S/C12H16FNO3/c1-16-7-8-5-9(11(15)3-4-14)10(13)6-12(8)17-2/h5-6H,3-4,7,14H2,1-2H3. The van der Waals surface area contributed by atoms with E-state index in [-0.39, 0.29) is 30.9 Å². The summed E-state index contributed by atoms with van der Waals surface area (Å²) < 4.78 is 23.6. The minimum Gasteiger partial charge on any atom is -0.496 e. The van der Waals surface area contributed by atoms with Gasteiger partial charge in [0.05, 0.1) is 19.3 Å². The minimum atomic E-state index is -0.597. The van der Waals surface area contributed by atoms with E-state index in [1.807, 2.05) is 0 Å². The quantitative estimate of drug-likeness (QED) is 0.767. The molecule has 0 atom stereocenters. The van der Waals surface area contributed by atoms with E-state index in [9.17, 15) is 9.18 Å². The summed E-state index contributed by atoms with van der Waals surface area (Å²) in [5, 5.41) is 0. The first-order valence-corrected chi connectivity index (χ1v) is 5.22. The molecule has 0 aromatic heterocycles. The van der Waals surface area contributed by atoms with Crippen molar-refractivity contribution in [1.29, 1.82) is 0 Å². The van der Waals surface area contributed by atoms with Crippen LogP contribution >= 0.6 is 0 Å². The summed E-state index contributed by atoms with van der Waals surface area (Å²) in [4.78, 5) is 11.6. The highest BCUT2D eigenvalue weighted by molar-refractivity contribution is 5.96. The van der Waals surface area contributed by atoms with Crippen LogP contribution in [0.3, 0.4) is 0 Å². The molecule has 0 bridgehead atoms. The number of ether oxygens (including phenoxy) is 2. The number of halogens is 1. The summed E-state index contributed by atoms with van der Waals surface area (Å²) in [7, 11) is 2.96. The zero-order valence-corrected chi connectivity index (χ0v) is 9.96. The molecule has 1 aromatic rings. The van der Waals surface area contributed by atoms with Crippen molar-refractivity contribution in [2.75, 3.05) is 20.8 Å². The highest BCUT2D eigenvalue weighted by atomic mass is 19.1. The summed E-state index contributed by atoms with van der Waals surface area (Å²) in [6.07, 6.45) is 0.121. The third-order valence-corrected chi connectivity index (χ3v) is 2.34. The van der Waals surface area contributed by atoms with Gasteiger partial charge in [-0.2, -0.15) is 0 Å². The molecule has 0 fully saturated rings. The Hall–Kier alpha value is -1.46. The Morgan fingerprint density at radius 1 is 1.41 bits per heavy atom. The number of rotatable bonds is 6. The van der Waals surface area contributed by atoms with Gasteiger partial charge in [0, 0.05) is 25.2 Å². The number of methoxy groups -OCH3 is 2. The lowest BCUT2D eigenvalue weighted by molar-refractivity contribution is 0.0981. The van der Waals surface area contributed by atoms with Crippen LogP contribution in [-0.4, -0.2) is 26.5 Å². The van der Waals surface area contributed by atoms with E-state index < -0.39 is 5.82 Å². The SMILES string of the molecule is COCc1cc(C(=O)CCN)c(F)cc1OC. The molecule has 2 N–H and O–H groups in total. The van der Waals surface area contributed by atoms with Crippen LogP contribution in [0.2, 0.25) is 0 Å². The Kier molecular flexibility index (Phi) is 5.06. The average Bonchev–Trinajstić information content (AvgIpc) is 2.31. The van der Waals surface area contributed by atoms with E-state index in [1.165, 1.54) is 26.4 Å². The third-order valence-electron chi connectivity index (χ3n) is 2.34. The first kappa shape index (κ1) is 13.6. The van der Waals surface area contributed by atoms with Crippen molar-refractivity contribution in [3.05, 3.63) is 29.1 Å². The molecule has 0 saturated heterocycles. The summed E-state index contributed by atoms with van der Waals surface area (Å²) in [6, 6.07) is 2.65. The number of ketones is 1. The van der Waals surface area contributed by atoms with Crippen LogP contribution in [0.4, 0.5) is 4.39 Å². The fraction of sp³-hybridized carbons (Fsp3) is 0.417. The van der Waals surface area contributed by atoms with Crippen molar-refractivity contribution >= 4 is 5.78 Å². The zero-order chi connectivity index (χ0) is 12.8. The molecular formula is C12H16FNO3. The molecule has 4 nitrogen and oxygen atoms in total. The number of hydrogen-bond acceptors (Lipinski definition) is 4. The predicted octanol–water partition coefficient (Wildman–Crippen LogP) is 1.51. The third kappa shape index (κ3) is 3.25. The van der Waals surface area contributed by atoms with Gasteiger partial charge in [-0.25, -0.2) is 4.39 Å². The number of hydrogen-bond donors (Lipinski definition) is 1. The Morgan fingerprint density at radius 3 is 2.65 bits per heavy atom. The largest absolute Gasteiger partial charge is 0.496 e. The van der Waals surface area contributed by atoms with Crippen LogP contribution < -0.4 is 10.5 Å². The summed E-state index contributed by atoms with van der Waals surface area (Å²) in [5.41, 5.74) is 5.94. The molecule has 1 aromatic carbocycles. The van der Waals surface area contributed by atoms with Gasteiger partial charge in [-0.15, -0.1) is 0 Å². The normalized spacial score (nSPS) is 10.4. The summed E-state index contributed by atoms with van der Waals surface area (Å²) in [6.45, 7) is 0.455. The Labute approximate surface area is 99.5 Å². The van der Waals surface area contributed by atoms with Gasteiger partial charge in [-0.3, -0.25) is 4.79 Å². The lowest BCUT2D eigenvalue weighted by atomic mass is 10.0. The fourth-order valence-corrected chi connectivity index (χ4v) is 1.54. The predicted molar refractivity (Wildman–Crippen MR) is 61.7 cm³/mol. The number of nitrogens with two attached hydrogens (primary N) is 1. The van der Waals surface area contributed by atoms with E-state index in [0.717, 1.165) is 0 Å². The fourth-order valence-electron chi connectivity index (χ4n) is 1.54. The lowest BCUT2D eigenvalue weighted by Gasteiger charge is -2.10. The Bertz CT molecular complexity index is 407. The average molecular weight is 241 g/mol. The van der Waals surface area contributed by atoms with E-state index >= 15 is 0 Å². The number of Topliss-reactive ketones (excluding diaryl/α,β-unsaturated/α-hetero) is 1. The Balaban J connectivity index is 3.14. The van der Waals surface area contributed by atoms with Gasteiger partial charge in [-0.05, 0) is 12.6 Å². The minimum absolute atomic E-state index is 0.0308. The molecule has 1 rings (SSSR count). The molecule has 0 amide bonds. The molecule has 17 heavy (non-hydrogen) atoms. The van der Waals surface area contributed by atoms with E-state index in [4.69, 9.17) is 15.2 Å². The van der Waals surface area contributed by atoms with Crippen molar-refractivity contribution in [3.63, 3.8) is 0 Å². The molecule has 0 aliphatic rings. The second-order valence-corrected chi connectivity index (χ2v) is 3.54. The van der Waals surface area contributed by atoms with Gasteiger partial charge < -0.3 is 15.2 Å². The highest BCUT2D eigenvalue weighted by Gasteiger charge is 2.15. The van der Waals surface area contributed by atoms with Crippen LogP contribution in [0.1, 0.15) is 22.3 Å². The smallest absolute Gasteiger partial charge is 0.167 e. The molecule has 0 aliphatic heterocycles. The van der Waals surface area contributed by atoms with Crippen LogP contribution in [-0.2, 0) is 11.3 Å². The van der Waals surface area contributed by atoms with Gasteiger partial charge in [-0.1, -0.05) is 0 Å². The molecular weight excluding hydrogens is 225 g/mol. The molecule has 0 radical (unpaired) electrons. The Morgan fingerprint density at radius 2 is 2.12 bits per heavy atom. The molecule has 0 heterocycles. The van der Waals surface area contributed by atoms with Crippen molar-refractivity contribution in [3.8, 4) is 5.75 Å². The first-order chi connectivity index (χ1) is 8.13. The van der Waals surface area contributed by atoms with Crippen LogP contribution in [0.5, 0.6) is 5.75 Å². The van der Waals surface area contributed by atoms with Crippen LogP contribution in [0.25, 0.3) is 0 Å². The van der Waals surface area contributed by atoms with Gasteiger partial charge in [0.2, 0.25) is 0 Å². The van der Waals surface area contributed by atoms with Crippen molar-refractivity contribution in [2.24, 2.45) is 5.73 Å². The number of carbonyl (C=O) groups excluding carboxylic acids is 1. The number of benzene rings is 1. The summed E-state index contributed by atoms with van der Waals surface area (Å²) in [5.74, 6) is -0.543. The summed E-state index contributed by atoms with van der Waals surface area (Å²) >= 11 is 0. The van der Waals surface area contributed by atoms with E-state index in [2.05, 4.69) is 0 Å². The first-order valence-electron chi connectivity index (χ1n) is 5.22. The second kappa shape index (κ2) is 6.32. The highest BCUT2D eigenvalue weighted by Crippen LogP contribution is 2.24. The van der Waals surface area contributed by atoms with E-state index in [1.54, 1.807) is 0 Å². The van der Waals surface area contributed by atoms with Gasteiger partial charge in [0.25, 0.3) is 0 Å². The van der Waals surface area contributed by atoms with E-state index in [0.29, 0.717) is 11.3 Å². The maximum Gasteiger partial charge on any atom is 0.167 e. The van der Waals surface area contributed by atoms with Crippen LogP contribution in [0, 0.1) is 5.82 Å². The van der Waals surface area contributed by atoms with Gasteiger partial charge in [0.15, 0.2) is 5.78 Å². The van der Waals surface area contributed by atoms with Crippen molar-refractivity contribution < 1.29 is 18.7 Å². The van der Waals surface area contributed by atoms with Crippen molar-refractivity contribution in [2.45, 2.75) is 13.0 Å². The second-order valence-electron chi connectivity index (χ2n) is 3.54. The van der Waals surface area contributed by atoms with Gasteiger partial charge >= 0.3 is 0 Å². The van der Waals surface area contributed by atoms with Crippen molar-refractivity contribution in [1.82, 2.24) is 0 Å². The monoisotopic (exact) mass is 241 g/mol. The molecule has 5 heteroatoms. The molecule has 0 aliphatic carbocycles. The molecule has 0 saturated carbocycles. The molecule has 0 unspecified atom stereocenters. The maximum absolute atomic E-state index is 13.6. The zero-order valence-electron chi connectivity index (χ0n) is 9.96. The lowest BCUT2D eigenvalue weighted by Crippen LogP contribution is -2.11. The molecule has 94 valence electrons. The topological polar surface area (TPSA) is 61.5 Å². The van der Waals surface area contributed by atoms with Crippen LogP contribution in [0.15, 0.2) is 12.1 Å².